The number of benzene rings is 2. The van der Waals surface area contributed by atoms with E-state index in [-0.39, 0.29) is 5.56 Å². The fourth-order valence-corrected chi connectivity index (χ4v) is 2.18. The van der Waals surface area contributed by atoms with Gasteiger partial charge < -0.3 is 5.11 Å². The quantitative estimate of drug-likeness (QED) is 0.775. The summed E-state index contributed by atoms with van der Waals surface area (Å²) in [5.74, 6) is -0.965. The molecule has 100 valence electrons. The maximum absolute atomic E-state index is 11.0. The third kappa shape index (κ3) is 1.93. The van der Waals surface area contributed by atoms with Crippen LogP contribution in [0.25, 0.3) is 16.7 Å². The number of aromatic nitrogens is 3. The third-order valence-corrected chi connectivity index (χ3v) is 3.29. The number of carbonyl (C=O) groups is 1. The largest absolute Gasteiger partial charge is 0.478 e. The number of aromatic carboxylic acids is 1. The topological polar surface area (TPSA) is 68.0 Å². The second-order valence-electron chi connectivity index (χ2n) is 4.80. The van der Waals surface area contributed by atoms with Gasteiger partial charge in [0, 0.05) is 0 Å². The molecule has 1 N–H and O–H groups in total. The Morgan fingerprint density at radius 3 is 2.70 bits per heavy atom. The fourth-order valence-electron chi connectivity index (χ4n) is 2.18. The predicted octanol–water partition coefficient (Wildman–Crippen LogP) is 2.74. The summed E-state index contributed by atoms with van der Waals surface area (Å²) in [6.07, 6.45) is 0. The number of carboxylic acids is 1. The van der Waals surface area contributed by atoms with Gasteiger partial charge in [0.15, 0.2) is 0 Å². The summed E-state index contributed by atoms with van der Waals surface area (Å²) in [6.45, 7) is 4.03. The van der Waals surface area contributed by atoms with E-state index in [1.165, 1.54) is 6.07 Å². The van der Waals surface area contributed by atoms with E-state index < -0.39 is 5.97 Å². The second kappa shape index (κ2) is 4.45. The Morgan fingerprint density at radius 2 is 1.95 bits per heavy atom. The average Bonchev–Trinajstić information content (AvgIpc) is 2.84. The van der Waals surface area contributed by atoms with Crippen molar-refractivity contribution < 1.29 is 9.90 Å². The Balaban J connectivity index is 2.22. The van der Waals surface area contributed by atoms with E-state index in [0.717, 1.165) is 22.3 Å². The lowest BCUT2D eigenvalue weighted by Crippen LogP contribution is -2.00. The van der Waals surface area contributed by atoms with Crippen LogP contribution in [0.2, 0.25) is 0 Å². The highest BCUT2D eigenvalue weighted by atomic mass is 16.4. The Hall–Kier alpha value is -2.69. The number of hydrogen-bond acceptors (Lipinski definition) is 3. The van der Waals surface area contributed by atoms with Crippen LogP contribution in [0, 0.1) is 13.8 Å². The highest BCUT2D eigenvalue weighted by molar-refractivity contribution is 5.92. The van der Waals surface area contributed by atoms with E-state index in [9.17, 15) is 4.79 Å². The Morgan fingerprint density at radius 1 is 1.15 bits per heavy atom. The number of carboxylic acid groups (broad SMARTS) is 1. The van der Waals surface area contributed by atoms with Crippen molar-refractivity contribution >= 4 is 17.0 Å². The van der Waals surface area contributed by atoms with E-state index >= 15 is 0 Å². The average molecular weight is 267 g/mol. The first-order valence-electron chi connectivity index (χ1n) is 6.22. The van der Waals surface area contributed by atoms with Gasteiger partial charge in [0.2, 0.25) is 0 Å². The minimum absolute atomic E-state index is 0.213. The van der Waals surface area contributed by atoms with Gasteiger partial charge in [-0.1, -0.05) is 17.3 Å². The van der Waals surface area contributed by atoms with Crippen LogP contribution in [0.5, 0.6) is 0 Å². The molecule has 5 heteroatoms. The zero-order chi connectivity index (χ0) is 14.3. The fraction of sp³-hybridized carbons (Fsp3) is 0.133. The van der Waals surface area contributed by atoms with Crippen LogP contribution in [0.4, 0.5) is 0 Å². The molecule has 0 radical (unpaired) electrons. The van der Waals surface area contributed by atoms with Crippen LogP contribution in [-0.2, 0) is 0 Å². The lowest BCUT2D eigenvalue weighted by atomic mass is 10.1. The summed E-state index contributed by atoms with van der Waals surface area (Å²) in [7, 11) is 0. The number of fused-ring (bicyclic) bond motifs is 1. The first kappa shape index (κ1) is 12.3. The molecule has 0 spiro atoms. The van der Waals surface area contributed by atoms with Crippen LogP contribution in [0.3, 0.4) is 0 Å². The van der Waals surface area contributed by atoms with Crippen LogP contribution in [-0.4, -0.2) is 26.1 Å². The van der Waals surface area contributed by atoms with Crippen molar-refractivity contribution in [2.75, 3.05) is 0 Å². The molecular weight excluding hydrogens is 254 g/mol. The molecular formula is C15H13N3O2. The Kier molecular flexibility index (Phi) is 2.75. The van der Waals surface area contributed by atoms with Crippen LogP contribution in [0.1, 0.15) is 21.5 Å². The molecule has 1 aromatic heterocycles. The molecule has 0 fully saturated rings. The predicted molar refractivity (Wildman–Crippen MR) is 75.3 cm³/mol. The first-order valence-corrected chi connectivity index (χ1v) is 6.22. The molecule has 0 aliphatic rings. The van der Waals surface area contributed by atoms with Gasteiger partial charge in [-0.25, -0.2) is 9.48 Å². The van der Waals surface area contributed by atoms with Gasteiger partial charge in [0.25, 0.3) is 0 Å². The van der Waals surface area contributed by atoms with Crippen LogP contribution >= 0.6 is 0 Å². The smallest absolute Gasteiger partial charge is 0.335 e. The van der Waals surface area contributed by atoms with Crippen molar-refractivity contribution in [2.24, 2.45) is 0 Å². The molecule has 1 heterocycles. The summed E-state index contributed by atoms with van der Waals surface area (Å²) in [5, 5.41) is 17.2. The van der Waals surface area contributed by atoms with Gasteiger partial charge in [0.1, 0.15) is 5.52 Å². The molecule has 0 unspecified atom stereocenters. The Labute approximate surface area is 115 Å². The van der Waals surface area contributed by atoms with E-state index in [0.29, 0.717) is 5.52 Å². The molecule has 0 atom stereocenters. The maximum Gasteiger partial charge on any atom is 0.335 e. The minimum Gasteiger partial charge on any atom is -0.478 e. The van der Waals surface area contributed by atoms with Crippen molar-refractivity contribution in [3.8, 4) is 5.69 Å². The van der Waals surface area contributed by atoms with Gasteiger partial charge in [-0.2, -0.15) is 0 Å². The molecule has 2 aromatic carbocycles. The lowest BCUT2D eigenvalue weighted by molar-refractivity contribution is 0.0697. The van der Waals surface area contributed by atoms with Crippen molar-refractivity contribution in [2.45, 2.75) is 13.8 Å². The number of hydrogen-bond donors (Lipinski definition) is 1. The minimum atomic E-state index is -0.965. The standard InChI is InChI=1S/C15H13N3O2/c1-9-3-4-10(2)14(7-9)18-13-6-5-11(15(19)20)8-12(13)16-17-18/h3-8H,1-2H3,(H,19,20). The van der Waals surface area contributed by atoms with Gasteiger partial charge in [0.05, 0.1) is 16.8 Å². The second-order valence-corrected chi connectivity index (χ2v) is 4.80. The third-order valence-electron chi connectivity index (χ3n) is 3.29. The summed E-state index contributed by atoms with van der Waals surface area (Å²) < 4.78 is 1.74. The SMILES string of the molecule is Cc1ccc(C)c(-n2nnc3cc(C(=O)O)ccc32)c1. The van der Waals surface area contributed by atoms with Crippen molar-refractivity contribution in [1.29, 1.82) is 0 Å². The summed E-state index contributed by atoms with van der Waals surface area (Å²) >= 11 is 0. The molecule has 20 heavy (non-hydrogen) atoms. The van der Waals surface area contributed by atoms with Gasteiger partial charge in [-0.05, 0) is 49.2 Å². The van der Waals surface area contributed by atoms with Crippen molar-refractivity contribution in [3.05, 3.63) is 53.1 Å². The molecule has 3 rings (SSSR count). The summed E-state index contributed by atoms with van der Waals surface area (Å²) in [4.78, 5) is 11.0. The normalized spacial score (nSPS) is 10.9. The van der Waals surface area contributed by atoms with E-state index in [1.54, 1.807) is 16.8 Å². The molecule has 0 amide bonds. The molecule has 0 saturated carbocycles. The van der Waals surface area contributed by atoms with Crippen molar-refractivity contribution in [3.63, 3.8) is 0 Å². The zero-order valence-electron chi connectivity index (χ0n) is 11.2. The van der Waals surface area contributed by atoms with Crippen molar-refractivity contribution in [1.82, 2.24) is 15.0 Å². The lowest BCUT2D eigenvalue weighted by Gasteiger charge is -2.07. The van der Waals surface area contributed by atoms with Gasteiger partial charge in [-0.15, -0.1) is 5.10 Å². The van der Waals surface area contributed by atoms with Crippen LogP contribution in [0.15, 0.2) is 36.4 Å². The molecule has 0 saturated heterocycles. The molecule has 0 aliphatic carbocycles. The number of nitrogens with zero attached hydrogens (tertiary/aromatic N) is 3. The monoisotopic (exact) mass is 267 g/mol. The maximum atomic E-state index is 11.0. The zero-order valence-corrected chi connectivity index (χ0v) is 11.2. The molecule has 3 aromatic rings. The van der Waals surface area contributed by atoms with E-state index in [4.69, 9.17) is 5.11 Å². The molecule has 0 bridgehead atoms. The molecule has 0 aliphatic heterocycles. The molecule has 5 nitrogen and oxygen atoms in total. The van der Waals surface area contributed by atoms with Gasteiger partial charge >= 0.3 is 5.97 Å². The van der Waals surface area contributed by atoms with Gasteiger partial charge in [-0.3, -0.25) is 0 Å². The summed E-state index contributed by atoms with van der Waals surface area (Å²) in [5.41, 5.74) is 4.76. The Bertz CT molecular complexity index is 821. The summed E-state index contributed by atoms with van der Waals surface area (Å²) in [6, 6.07) is 10.9. The van der Waals surface area contributed by atoms with E-state index in [1.807, 2.05) is 32.0 Å². The number of rotatable bonds is 2. The highest BCUT2D eigenvalue weighted by Gasteiger charge is 2.11. The van der Waals surface area contributed by atoms with E-state index in [2.05, 4.69) is 10.3 Å². The number of aryl methyl sites for hydroxylation is 2. The van der Waals surface area contributed by atoms with Crippen LogP contribution < -0.4 is 0 Å². The first-order chi connectivity index (χ1) is 9.56. The highest BCUT2D eigenvalue weighted by Crippen LogP contribution is 2.21.